The van der Waals surface area contributed by atoms with Gasteiger partial charge >= 0.3 is 0 Å². The summed E-state index contributed by atoms with van der Waals surface area (Å²) in [5.74, 6) is 0.606. The van der Waals surface area contributed by atoms with Crippen LogP contribution in [0.2, 0.25) is 0 Å². The molecule has 29 heavy (non-hydrogen) atoms. The maximum absolute atomic E-state index is 13.5. The second-order valence-electron chi connectivity index (χ2n) is 6.86. The van der Waals surface area contributed by atoms with Gasteiger partial charge in [-0.3, -0.25) is 9.69 Å². The molecule has 2 aromatic carbocycles. The van der Waals surface area contributed by atoms with Gasteiger partial charge in [0, 0.05) is 5.56 Å². The number of aromatic nitrogens is 2. The number of hydrogen-bond donors (Lipinski definition) is 0. The highest BCUT2D eigenvalue weighted by Gasteiger charge is 2.23. The third-order valence-electron chi connectivity index (χ3n) is 5.02. The van der Waals surface area contributed by atoms with Gasteiger partial charge in [0.15, 0.2) is 5.13 Å². The lowest BCUT2D eigenvalue weighted by Gasteiger charge is -2.18. The molecule has 0 spiro atoms. The number of anilines is 1. The molecular formula is C22H17N3O2S2. The van der Waals surface area contributed by atoms with Crippen LogP contribution in [0, 0.1) is 13.8 Å². The molecule has 5 nitrogen and oxygen atoms in total. The summed E-state index contributed by atoms with van der Waals surface area (Å²) < 4.78 is 7.58. The molecule has 0 saturated carbocycles. The molecule has 0 aliphatic heterocycles. The van der Waals surface area contributed by atoms with Crippen LogP contribution in [-0.4, -0.2) is 15.9 Å². The molecule has 0 fully saturated rings. The third-order valence-corrected chi connectivity index (χ3v) is 6.86. The minimum atomic E-state index is -0.106. The number of aryl methyl sites for hydroxylation is 2. The summed E-state index contributed by atoms with van der Waals surface area (Å²) in [4.78, 5) is 24.3. The van der Waals surface area contributed by atoms with Crippen LogP contribution in [0.5, 0.6) is 0 Å². The van der Waals surface area contributed by atoms with Gasteiger partial charge in [-0.25, -0.2) is 9.97 Å². The lowest BCUT2D eigenvalue weighted by atomic mass is 10.1. The van der Waals surface area contributed by atoms with Gasteiger partial charge < -0.3 is 4.42 Å². The van der Waals surface area contributed by atoms with Crippen LogP contribution in [0.3, 0.4) is 0 Å². The van der Waals surface area contributed by atoms with Crippen molar-refractivity contribution in [2.24, 2.45) is 0 Å². The van der Waals surface area contributed by atoms with E-state index in [4.69, 9.17) is 9.40 Å². The molecule has 3 aromatic heterocycles. The maximum Gasteiger partial charge on any atom is 0.260 e. The van der Waals surface area contributed by atoms with Gasteiger partial charge in [0.25, 0.3) is 5.91 Å². The van der Waals surface area contributed by atoms with Crippen LogP contribution in [0.4, 0.5) is 5.13 Å². The fraction of sp³-hybridized carbons (Fsp3) is 0.136. The summed E-state index contributed by atoms with van der Waals surface area (Å²) in [5, 5.41) is 0.666. The molecule has 7 heteroatoms. The zero-order valence-corrected chi connectivity index (χ0v) is 17.5. The number of thiazole rings is 2. The molecule has 5 rings (SSSR count). The Morgan fingerprint density at radius 3 is 2.86 bits per heavy atom. The van der Waals surface area contributed by atoms with Crippen LogP contribution in [0.25, 0.3) is 20.4 Å². The quantitative estimate of drug-likeness (QED) is 0.360. The van der Waals surface area contributed by atoms with Crippen molar-refractivity contribution < 1.29 is 9.21 Å². The zero-order valence-electron chi connectivity index (χ0n) is 15.9. The summed E-state index contributed by atoms with van der Waals surface area (Å²) in [5.41, 5.74) is 6.57. The number of carbonyl (C=O) groups excluding carboxylic acids is 1. The zero-order chi connectivity index (χ0) is 20.0. The van der Waals surface area contributed by atoms with Crippen molar-refractivity contribution in [1.82, 2.24) is 9.97 Å². The minimum absolute atomic E-state index is 0.106. The number of fused-ring (bicyclic) bond motifs is 2. The summed E-state index contributed by atoms with van der Waals surface area (Å²) >= 11 is 3.05. The van der Waals surface area contributed by atoms with Crippen LogP contribution in [0.1, 0.15) is 27.2 Å². The van der Waals surface area contributed by atoms with E-state index in [1.807, 2.05) is 30.3 Å². The highest BCUT2D eigenvalue weighted by Crippen LogP contribution is 2.34. The average Bonchev–Trinajstić information content (AvgIpc) is 3.48. The first-order valence-electron chi connectivity index (χ1n) is 9.14. The maximum atomic E-state index is 13.5. The van der Waals surface area contributed by atoms with E-state index >= 15 is 0 Å². The Morgan fingerprint density at radius 1 is 1.14 bits per heavy atom. The van der Waals surface area contributed by atoms with Gasteiger partial charge in [0.05, 0.1) is 38.8 Å². The van der Waals surface area contributed by atoms with Crippen molar-refractivity contribution in [3.05, 3.63) is 76.7 Å². The SMILES string of the molecule is Cc1ccc2sc(N(Cc3ccco3)C(=O)c3ccc4ncsc4c3)nc2c1C. The topological polar surface area (TPSA) is 59.2 Å². The summed E-state index contributed by atoms with van der Waals surface area (Å²) in [6.07, 6.45) is 1.62. The van der Waals surface area contributed by atoms with Crippen molar-refractivity contribution >= 4 is 54.1 Å². The van der Waals surface area contributed by atoms with E-state index in [0.717, 1.165) is 26.0 Å². The second-order valence-corrected chi connectivity index (χ2v) is 8.75. The van der Waals surface area contributed by atoms with E-state index in [1.54, 1.807) is 16.7 Å². The van der Waals surface area contributed by atoms with Crippen LogP contribution in [-0.2, 0) is 6.54 Å². The molecule has 0 radical (unpaired) electrons. The molecule has 0 N–H and O–H groups in total. The van der Waals surface area contributed by atoms with Gasteiger partial charge in [-0.15, -0.1) is 11.3 Å². The molecule has 0 aliphatic carbocycles. The van der Waals surface area contributed by atoms with Crippen molar-refractivity contribution in [2.75, 3.05) is 4.90 Å². The molecule has 144 valence electrons. The Labute approximate surface area is 175 Å². The highest BCUT2D eigenvalue weighted by molar-refractivity contribution is 7.22. The smallest absolute Gasteiger partial charge is 0.260 e. The Hall–Kier alpha value is -3.03. The van der Waals surface area contributed by atoms with E-state index in [2.05, 4.69) is 31.0 Å². The number of amides is 1. The highest BCUT2D eigenvalue weighted by atomic mass is 32.1. The monoisotopic (exact) mass is 419 g/mol. The predicted octanol–water partition coefficient (Wildman–Crippen LogP) is 5.96. The van der Waals surface area contributed by atoms with Crippen molar-refractivity contribution in [3.8, 4) is 0 Å². The first kappa shape index (κ1) is 18.0. The molecule has 3 heterocycles. The fourth-order valence-corrected chi connectivity index (χ4v) is 5.00. The van der Waals surface area contributed by atoms with Crippen molar-refractivity contribution in [3.63, 3.8) is 0 Å². The molecule has 1 amide bonds. The first-order chi connectivity index (χ1) is 14.1. The normalized spacial score (nSPS) is 11.4. The average molecular weight is 420 g/mol. The molecule has 0 unspecified atom stereocenters. The molecule has 0 atom stereocenters. The Morgan fingerprint density at radius 2 is 2.03 bits per heavy atom. The Bertz CT molecular complexity index is 1340. The molecule has 0 bridgehead atoms. The standard InChI is InChI=1S/C22H17N3O2S2/c1-13-5-8-18-20(14(13)2)24-22(29-18)25(11-16-4-3-9-27-16)21(26)15-6-7-17-19(10-15)28-12-23-17/h3-10,12H,11H2,1-2H3. The fourth-order valence-electron chi connectivity index (χ4n) is 3.26. The van der Waals surface area contributed by atoms with Crippen LogP contribution in [0.15, 0.2) is 58.7 Å². The number of rotatable bonds is 4. The Kier molecular flexibility index (Phi) is 4.41. The van der Waals surface area contributed by atoms with E-state index in [9.17, 15) is 4.79 Å². The number of carbonyl (C=O) groups is 1. The van der Waals surface area contributed by atoms with E-state index in [-0.39, 0.29) is 5.91 Å². The molecule has 0 aliphatic rings. The van der Waals surface area contributed by atoms with Crippen LogP contribution >= 0.6 is 22.7 Å². The van der Waals surface area contributed by atoms with Gasteiger partial charge in [0.1, 0.15) is 5.76 Å². The van der Waals surface area contributed by atoms with Gasteiger partial charge in [-0.1, -0.05) is 17.4 Å². The number of benzene rings is 2. The molecular weight excluding hydrogens is 402 g/mol. The van der Waals surface area contributed by atoms with E-state index < -0.39 is 0 Å². The summed E-state index contributed by atoms with van der Waals surface area (Å²) in [7, 11) is 0. The van der Waals surface area contributed by atoms with Crippen molar-refractivity contribution in [1.29, 1.82) is 0 Å². The number of nitrogens with zero attached hydrogens (tertiary/aromatic N) is 3. The van der Waals surface area contributed by atoms with E-state index in [1.165, 1.54) is 28.2 Å². The van der Waals surface area contributed by atoms with Crippen molar-refractivity contribution in [2.45, 2.75) is 20.4 Å². The van der Waals surface area contributed by atoms with Crippen LogP contribution < -0.4 is 4.90 Å². The van der Waals surface area contributed by atoms with Gasteiger partial charge in [-0.2, -0.15) is 0 Å². The molecule has 0 saturated heterocycles. The van der Waals surface area contributed by atoms with E-state index in [0.29, 0.717) is 23.0 Å². The van der Waals surface area contributed by atoms with Gasteiger partial charge in [-0.05, 0) is 61.4 Å². The number of hydrogen-bond acceptors (Lipinski definition) is 6. The second kappa shape index (κ2) is 7.09. The summed E-state index contributed by atoms with van der Waals surface area (Å²) in [6, 6.07) is 13.5. The van der Waals surface area contributed by atoms with Gasteiger partial charge in [0.2, 0.25) is 0 Å². The largest absolute Gasteiger partial charge is 0.467 e. The minimum Gasteiger partial charge on any atom is -0.467 e. The third kappa shape index (κ3) is 3.22. The Balaban J connectivity index is 1.61. The molecule has 5 aromatic rings. The lowest BCUT2D eigenvalue weighted by molar-refractivity contribution is 0.0983. The summed E-state index contributed by atoms with van der Waals surface area (Å²) in [6.45, 7) is 4.46. The predicted molar refractivity (Wildman–Crippen MR) is 118 cm³/mol. The first-order valence-corrected chi connectivity index (χ1v) is 10.8. The lowest BCUT2D eigenvalue weighted by Crippen LogP contribution is -2.30. The number of furan rings is 1.